The Morgan fingerprint density at radius 2 is 2.10 bits per heavy atom. The van der Waals surface area contributed by atoms with Crippen molar-refractivity contribution >= 4 is 10.9 Å². The number of fused-ring (bicyclic) bond motifs is 1. The molecule has 1 unspecified atom stereocenters. The summed E-state index contributed by atoms with van der Waals surface area (Å²) < 4.78 is 14.4. The van der Waals surface area contributed by atoms with Crippen LogP contribution in [0, 0.1) is 0 Å². The van der Waals surface area contributed by atoms with Crippen LogP contribution in [0.4, 0.5) is 0 Å². The van der Waals surface area contributed by atoms with Crippen molar-refractivity contribution in [2.75, 3.05) is 13.2 Å². The van der Waals surface area contributed by atoms with Crippen molar-refractivity contribution in [1.82, 2.24) is 9.78 Å². The van der Waals surface area contributed by atoms with Crippen molar-refractivity contribution in [1.29, 1.82) is 0 Å². The molecule has 1 aliphatic heterocycles. The molecule has 2 fully saturated rings. The van der Waals surface area contributed by atoms with Crippen LogP contribution < -0.4 is 10.5 Å². The highest BCUT2D eigenvalue weighted by atomic mass is 16.5. The average molecular weight is 408 g/mol. The van der Waals surface area contributed by atoms with Gasteiger partial charge in [0.2, 0.25) is 0 Å². The lowest BCUT2D eigenvalue weighted by atomic mass is 10.0. The number of nitrogens with two attached hydrogens (primary N) is 1. The van der Waals surface area contributed by atoms with Gasteiger partial charge in [0.15, 0.2) is 6.23 Å². The van der Waals surface area contributed by atoms with Crippen molar-refractivity contribution in [2.24, 2.45) is 5.73 Å². The molecule has 2 heterocycles. The van der Waals surface area contributed by atoms with Crippen LogP contribution in [0.25, 0.3) is 22.2 Å². The quantitative estimate of drug-likeness (QED) is 0.615. The Kier molecular flexibility index (Phi) is 5.23. The van der Waals surface area contributed by atoms with Crippen molar-refractivity contribution in [3.63, 3.8) is 0 Å². The molecule has 0 radical (unpaired) electrons. The highest BCUT2D eigenvalue weighted by Crippen LogP contribution is 2.44. The largest absolute Gasteiger partial charge is 0.487 e. The predicted octanol–water partition coefficient (Wildman–Crippen LogP) is 4.15. The molecule has 1 atom stereocenters. The van der Waals surface area contributed by atoms with E-state index in [-0.39, 0.29) is 18.4 Å². The van der Waals surface area contributed by atoms with Crippen molar-refractivity contribution in [3.8, 4) is 17.0 Å². The van der Waals surface area contributed by atoms with Gasteiger partial charge in [0.05, 0.1) is 12.1 Å². The smallest absolute Gasteiger partial charge is 0.150 e. The summed E-state index contributed by atoms with van der Waals surface area (Å²) in [6.07, 6.45) is 6.16. The molecule has 0 amide bonds. The first-order chi connectivity index (χ1) is 14.7. The maximum absolute atomic E-state index is 9.58. The van der Waals surface area contributed by atoms with Crippen molar-refractivity contribution in [3.05, 3.63) is 48.0 Å². The molecule has 0 bridgehead atoms. The summed E-state index contributed by atoms with van der Waals surface area (Å²) in [5.41, 5.74) is 9.48. The van der Waals surface area contributed by atoms with E-state index >= 15 is 0 Å². The first-order valence-corrected chi connectivity index (χ1v) is 10.9. The second kappa shape index (κ2) is 8.02. The fourth-order valence-electron chi connectivity index (χ4n) is 4.41. The van der Waals surface area contributed by atoms with E-state index < -0.39 is 0 Å². The van der Waals surface area contributed by atoms with Crippen LogP contribution in [0.5, 0.6) is 5.75 Å². The molecule has 6 heteroatoms. The molecule has 1 aliphatic carbocycles. The summed E-state index contributed by atoms with van der Waals surface area (Å²) in [6, 6.07) is 14.1. The highest BCUT2D eigenvalue weighted by molar-refractivity contribution is 5.94. The van der Waals surface area contributed by atoms with Crippen LogP contribution in [0.15, 0.2) is 42.5 Å². The highest BCUT2D eigenvalue weighted by Gasteiger charge is 2.44. The number of hydrogen-bond donors (Lipinski definition) is 2. The second-order valence-corrected chi connectivity index (χ2v) is 8.48. The summed E-state index contributed by atoms with van der Waals surface area (Å²) >= 11 is 0. The van der Waals surface area contributed by atoms with Gasteiger partial charge in [-0.3, -0.25) is 0 Å². The Hall–Kier alpha value is -2.41. The van der Waals surface area contributed by atoms with Gasteiger partial charge in [0.25, 0.3) is 0 Å². The maximum Gasteiger partial charge on any atom is 0.150 e. The van der Waals surface area contributed by atoms with Gasteiger partial charge in [0.1, 0.15) is 17.0 Å². The normalized spacial score (nSPS) is 20.4. The molecule has 158 valence electrons. The van der Waals surface area contributed by atoms with E-state index in [1.54, 1.807) is 0 Å². The summed E-state index contributed by atoms with van der Waals surface area (Å²) in [4.78, 5) is 0. The van der Waals surface area contributed by atoms with E-state index in [0.717, 1.165) is 78.6 Å². The minimum atomic E-state index is -0.0954. The monoisotopic (exact) mass is 407 g/mol. The van der Waals surface area contributed by atoms with E-state index in [0.29, 0.717) is 6.54 Å². The number of aromatic nitrogens is 2. The van der Waals surface area contributed by atoms with Gasteiger partial charge in [-0.05, 0) is 74.9 Å². The SMILES string of the molecule is NCCC1(Oc2ccc3c(c2)c(-c2cccc(CO)c2)nn3C2CCCCO2)CC1. The Labute approximate surface area is 176 Å². The van der Waals surface area contributed by atoms with Crippen LogP contribution in [0.1, 0.15) is 50.3 Å². The van der Waals surface area contributed by atoms with Crippen LogP contribution in [0.2, 0.25) is 0 Å². The molecule has 1 saturated carbocycles. The Morgan fingerprint density at radius 3 is 2.83 bits per heavy atom. The molecular formula is C24H29N3O3. The third-order valence-corrected chi connectivity index (χ3v) is 6.23. The van der Waals surface area contributed by atoms with Crippen LogP contribution in [-0.2, 0) is 11.3 Å². The first-order valence-electron chi connectivity index (χ1n) is 10.9. The molecule has 30 heavy (non-hydrogen) atoms. The number of benzene rings is 2. The molecule has 2 aromatic carbocycles. The zero-order chi connectivity index (χ0) is 20.6. The second-order valence-electron chi connectivity index (χ2n) is 8.48. The molecule has 2 aliphatic rings. The van der Waals surface area contributed by atoms with Gasteiger partial charge in [-0.2, -0.15) is 5.10 Å². The van der Waals surface area contributed by atoms with E-state index in [1.807, 2.05) is 35.0 Å². The maximum atomic E-state index is 9.58. The van der Waals surface area contributed by atoms with Gasteiger partial charge >= 0.3 is 0 Å². The number of hydrogen-bond acceptors (Lipinski definition) is 5. The molecule has 3 aromatic rings. The zero-order valence-corrected chi connectivity index (χ0v) is 17.2. The Bertz CT molecular complexity index is 1040. The third kappa shape index (κ3) is 3.71. The fourth-order valence-corrected chi connectivity index (χ4v) is 4.41. The van der Waals surface area contributed by atoms with E-state index in [1.165, 1.54) is 0 Å². The van der Waals surface area contributed by atoms with Crippen LogP contribution in [0.3, 0.4) is 0 Å². The summed E-state index contributed by atoms with van der Waals surface area (Å²) in [5.74, 6) is 0.858. The van der Waals surface area contributed by atoms with Crippen LogP contribution in [-0.4, -0.2) is 33.6 Å². The standard InChI is InChI=1S/C24H29N3O3/c25-12-11-24(9-10-24)30-19-7-8-21-20(15-19)23(18-5-3-4-17(14-18)16-28)26-27(21)22-6-1-2-13-29-22/h3-5,7-8,14-15,22,28H,1-2,6,9-13,16,25H2. The van der Waals surface area contributed by atoms with Gasteiger partial charge in [-0.1, -0.05) is 18.2 Å². The van der Waals surface area contributed by atoms with Crippen molar-refractivity contribution < 1.29 is 14.6 Å². The van der Waals surface area contributed by atoms with Gasteiger partial charge < -0.3 is 20.3 Å². The Morgan fingerprint density at radius 1 is 1.20 bits per heavy atom. The molecule has 6 nitrogen and oxygen atoms in total. The molecule has 5 rings (SSSR count). The topological polar surface area (TPSA) is 82.5 Å². The number of ether oxygens (including phenoxy) is 2. The molecular weight excluding hydrogens is 378 g/mol. The average Bonchev–Trinajstić information content (AvgIpc) is 3.43. The number of aliphatic hydroxyl groups is 1. The minimum Gasteiger partial charge on any atom is -0.487 e. The summed E-state index contributed by atoms with van der Waals surface area (Å²) in [7, 11) is 0. The summed E-state index contributed by atoms with van der Waals surface area (Å²) in [5, 5.41) is 15.6. The predicted molar refractivity (Wildman–Crippen MR) is 116 cm³/mol. The summed E-state index contributed by atoms with van der Waals surface area (Å²) in [6.45, 7) is 1.41. The molecule has 1 aromatic heterocycles. The number of aliphatic hydroxyl groups excluding tert-OH is 1. The third-order valence-electron chi connectivity index (χ3n) is 6.23. The minimum absolute atomic E-state index is 0.00812. The number of rotatable bonds is 7. The van der Waals surface area contributed by atoms with E-state index in [9.17, 15) is 5.11 Å². The van der Waals surface area contributed by atoms with Crippen LogP contribution >= 0.6 is 0 Å². The fraction of sp³-hybridized carbons (Fsp3) is 0.458. The van der Waals surface area contributed by atoms with Gasteiger partial charge in [-0.15, -0.1) is 0 Å². The Balaban J connectivity index is 1.59. The lowest BCUT2D eigenvalue weighted by molar-refractivity contribution is -0.0365. The van der Waals surface area contributed by atoms with Gasteiger partial charge in [0, 0.05) is 17.6 Å². The van der Waals surface area contributed by atoms with Gasteiger partial charge in [-0.25, -0.2) is 4.68 Å². The first kappa shape index (κ1) is 19.5. The van der Waals surface area contributed by atoms with Crippen molar-refractivity contribution in [2.45, 2.75) is 57.0 Å². The number of nitrogens with zero attached hydrogens (tertiary/aromatic N) is 2. The van der Waals surface area contributed by atoms with E-state index in [4.69, 9.17) is 20.3 Å². The van der Waals surface area contributed by atoms with E-state index in [2.05, 4.69) is 12.1 Å². The lowest BCUT2D eigenvalue weighted by Crippen LogP contribution is -2.22. The lowest BCUT2D eigenvalue weighted by Gasteiger charge is -2.23. The zero-order valence-electron chi connectivity index (χ0n) is 17.2. The molecule has 0 spiro atoms. The molecule has 1 saturated heterocycles. The molecule has 3 N–H and O–H groups in total.